The monoisotopic (exact) mass is 308 g/mol. The summed E-state index contributed by atoms with van der Waals surface area (Å²) in [4.78, 5) is 0. The number of nitrogens with one attached hydrogen (secondary N) is 1. The van der Waals surface area contributed by atoms with E-state index in [1.807, 2.05) is 29.8 Å². The van der Waals surface area contributed by atoms with Crippen LogP contribution in [0.4, 0.5) is 0 Å². The van der Waals surface area contributed by atoms with Crippen LogP contribution in [0.25, 0.3) is 0 Å². The normalized spacial score (nSPS) is 12.4. The van der Waals surface area contributed by atoms with E-state index in [2.05, 4.69) is 17.4 Å². The Morgan fingerprint density at radius 1 is 1.48 bits per heavy atom. The number of aromatic nitrogens is 2. The predicted octanol–water partition coefficient (Wildman–Crippen LogP) is 2.82. The zero-order valence-electron chi connectivity index (χ0n) is 12.6. The molecule has 2 rings (SSSR count). The molecule has 21 heavy (non-hydrogen) atoms. The molecule has 3 N–H and O–H groups in total. The largest absolute Gasteiger partial charge is 0.496 e. The van der Waals surface area contributed by atoms with Gasteiger partial charge in [0, 0.05) is 6.54 Å². The minimum Gasteiger partial charge on any atom is -0.496 e. The van der Waals surface area contributed by atoms with Crippen LogP contribution >= 0.6 is 11.6 Å². The summed E-state index contributed by atoms with van der Waals surface area (Å²) in [6.45, 7) is 4.90. The lowest BCUT2D eigenvalue weighted by Gasteiger charge is -2.20. The molecule has 0 aliphatic heterocycles. The van der Waals surface area contributed by atoms with Crippen LogP contribution in [0.15, 0.2) is 24.4 Å². The van der Waals surface area contributed by atoms with Gasteiger partial charge in [0.2, 0.25) is 0 Å². The SMILES string of the molecule is CCCn1ncc(Cl)c1C(NN)c1ccc(OC)c(C)c1. The van der Waals surface area contributed by atoms with Gasteiger partial charge in [0.05, 0.1) is 30.1 Å². The highest BCUT2D eigenvalue weighted by Crippen LogP contribution is 2.30. The molecule has 1 heterocycles. The van der Waals surface area contributed by atoms with Crippen LogP contribution in [0.5, 0.6) is 5.75 Å². The van der Waals surface area contributed by atoms with Gasteiger partial charge >= 0.3 is 0 Å². The minimum absolute atomic E-state index is 0.212. The molecule has 0 saturated heterocycles. The maximum absolute atomic E-state index is 6.30. The summed E-state index contributed by atoms with van der Waals surface area (Å²) in [6, 6.07) is 5.75. The van der Waals surface area contributed by atoms with Gasteiger partial charge in [-0.15, -0.1) is 0 Å². The van der Waals surface area contributed by atoms with Crippen LogP contribution in [0.1, 0.15) is 36.2 Å². The predicted molar refractivity (Wildman–Crippen MR) is 84.4 cm³/mol. The smallest absolute Gasteiger partial charge is 0.121 e. The third-order valence-electron chi connectivity index (χ3n) is 3.46. The van der Waals surface area contributed by atoms with Crippen LogP contribution in [0.3, 0.4) is 0 Å². The molecule has 5 nitrogen and oxygen atoms in total. The summed E-state index contributed by atoms with van der Waals surface area (Å²) in [5.41, 5.74) is 5.79. The lowest BCUT2D eigenvalue weighted by molar-refractivity contribution is 0.411. The third-order valence-corrected chi connectivity index (χ3v) is 3.75. The van der Waals surface area contributed by atoms with E-state index < -0.39 is 0 Å². The summed E-state index contributed by atoms with van der Waals surface area (Å²) < 4.78 is 7.19. The van der Waals surface area contributed by atoms with E-state index in [1.165, 1.54) is 0 Å². The summed E-state index contributed by atoms with van der Waals surface area (Å²) in [5.74, 6) is 6.62. The number of ether oxygens (including phenoxy) is 1. The van der Waals surface area contributed by atoms with Crippen molar-refractivity contribution >= 4 is 11.6 Å². The van der Waals surface area contributed by atoms with Gasteiger partial charge in [-0.05, 0) is 30.5 Å². The Morgan fingerprint density at radius 2 is 2.24 bits per heavy atom. The van der Waals surface area contributed by atoms with Crippen molar-refractivity contribution in [1.29, 1.82) is 0 Å². The number of nitrogens with two attached hydrogens (primary N) is 1. The van der Waals surface area contributed by atoms with E-state index in [1.54, 1.807) is 13.3 Å². The molecule has 114 valence electrons. The summed E-state index contributed by atoms with van der Waals surface area (Å²) in [5, 5.41) is 4.93. The first-order valence-electron chi connectivity index (χ1n) is 6.94. The molecule has 0 aliphatic carbocycles. The van der Waals surface area contributed by atoms with Gasteiger partial charge in [0.25, 0.3) is 0 Å². The van der Waals surface area contributed by atoms with Gasteiger partial charge in [-0.1, -0.05) is 30.7 Å². The van der Waals surface area contributed by atoms with Crippen LogP contribution < -0.4 is 16.0 Å². The Hall–Kier alpha value is -1.56. The second-order valence-corrected chi connectivity index (χ2v) is 5.34. The lowest BCUT2D eigenvalue weighted by atomic mass is 10.0. The highest BCUT2D eigenvalue weighted by molar-refractivity contribution is 6.31. The molecule has 1 aromatic heterocycles. The molecule has 2 aromatic rings. The maximum atomic E-state index is 6.30. The molecule has 0 saturated carbocycles. The molecule has 1 aromatic carbocycles. The zero-order valence-corrected chi connectivity index (χ0v) is 13.3. The van der Waals surface area contributed by atoms with Gasteiger partial charge in [0.1, 0.15) is 5.75 Å². The van der Waals surface area contributed by atoms with E-state index in [0.29, 0.717) is 5.02 Å². The summed E-state index contributed by atoms with van der Waals surface area (Å²) >= 11 is 6.30. The van der Waals surface area contributed by atoms with E-state index in [9.17, 15) is 0 Å². The fourth-order valence-electron chi connectivity index (χ4n) is 2.46. The van der Waals surface area contributed by atoms with Gasteiger partial charge in [0.15, 0.2) is 0 Å². The first-order chi connectivity index (χ1) is 10.1. The molecular formula is C15H21ClN4O. The van der Waals surface area contributed by atoms with Crippen molar-refractivity contribution in [2.45, 2.75) is 32.9 Å². The van der Waals surface area contributed by atoms with Gasteiger partial charge in [-0.25, -0.2) is 5.43 Å². The third kappa shape index (κ3) is 3.20. The molecule has 0 fully saturated rings. The number of aryl methyl sites for hydroxylation is 2. The standard InChI is InChI=1S/C15H21ClN4O/c1-4-7-20-15(12(16)9-18-20)14(19-17)11-5-6-13(21-3)10(2)8-11/h5-6,8-9,14,19H,4,7,17H2,1-3H3. The molecular weight excluding hydrogens is 288 g/mol. The Bertz CT molecular complexity index is 612. The van der Waals surface area contributed by atoms with Crippen molar-refractivity contribution in [2.75, 3.05) is 7.11 Å². The lowest BCUT2D eigenvalue weighted by Crippen LogP contribution is -2.31. The first-order valence-corrected chi connectivity index (χ1v) is 7.32. The molecule has 0 aliphatic rings. The first kappa shape index (κ1) is 15.8. The van der Waals surface area contributed by atoms with Crippen molar-refractivity contribution in [1.82, 2.24) is 15.2 Å². The van der Waals surface area contributed by atoms with E-state index in [4.69, 9.17) is 22.2 Å². The molecule has 6 heteroatoms. The van der Waals surface area contributed by atoms with Gasteiger partial charge in [-0.2, -0.15) is 5.10 Å². The molecule has 0 bridgehead atoms. The van der Waals surface area contributed by atoms with E-state index in [-0.39, 0.29) is 6.04 Å². The van der Waals surface area contributed by atoms with Crippen LogP contribution in [-0.4, -0.2) is 16.9 Å². The van der Waals surface area contributed by atoms with E-state index in [0.717, 1.165) is 35.5 Å². The fraction of sp³-hybridized carbons (Fsp3) is 0.400. The average Bonchev–Trinajstić information content (AvgIpc) is 2.82. The number of nitrogens with zero attached hydrogens (tertiary/aromatic N) is 2. The Kier molecular flexibility index (Phi) is 5.22. The average molecular weight is 309 g/mol. The van der Waals surface area contributed by atoms with Crippen molar-refractivity contribution in [3.63, 3.8) is 0 Å². The van der Waals surface area contributed by atoms with Gasteiger partial charge in [-0.3, -0.25) is 10.5 Å². The number of hydrogen-bond donors (Lipinski definition) is 2. The molecule has 0 amide bonds. The van der Waals surface area contributed by atoms with Crippen molar-refractivity contribution in [3.8, 4) is 5.75 Å². The number of rotatable bonds is 6. The van der Waals surface area contributed by atoms with Crippen molar-refractivity contribution in [3.05, 3.63) is 46.2 Å². The molecule has 0 spiro atoms. The Balaban J connectivity index is 2.44. The molecule has 1 unspecified atom stereocenters. The second kappa shape index (κ2) is 6.93. The number of benzene rings is 1. The zero-order chi connectivity index (χ0) is 15.4. The summed E-state index contributed by atoms with van der Waals surface area (Å²) in [6.07, 6.45) is 2.64. The second-order valence-electron chi connectivity index (χ2n) is 4.93. The molecule has 0 radical (unpaired) electrons. The van der Waals surface area contributed by atoms with Crippen LogP contribution in [0.2, 0.25) is 5.02 Å². The molecule has 1 atom stereocenters. The quantitative estimate of drug-likeness (QED) is 0.636. The van der Waals surface area contributed by atoms with Crippen molar-refractivity contribution in [2.24, 2.45) is 5.84 Å². The van der Waals surface area contributed by atoms with Crippen LogP contribution in [0, 0.1) is 6.92 Å². The van der Waals surface area contributed by atoms with Gasteiger partial charge < -0.3 is 4.74 Å². The van der Waals surface area contributed by atoms with Crippen molar-refractivity contribution < 1.29 is 4.74 Å². The number of hydrazine groups is 1. The highest BCUT2D eigenvalue weighted by Gasteiger charge is 2.21. The number of halogens is 1. The Labute approximate surface area is 130 Å². The fourth-order valence-corrected chi connectivity index (χ4v) is 2.71. The topological polar surface area (TPSA) is 65.1 Å². The van der Waals surface area contributed by atoms with E-state index >= 15 is 0 Å². The maximum Gasteiger partial charge on any atom is 0.121 e. The number of methoxy groups -OCH3 is 1. The Morgan fingerprint density at radius 3 is 2.81 bits per heavy atom. The number of hydrogen-bond acceptors (Lipinski definition) is 4. The minimum atomic E-state index is -0.212. The highest BCUT2D eigenvalue weighted by atomic mass is 35.5. The summed E-state index contributed by atoms with van der Waals surface area (Å²) in [7, 11) is 1.66. The van der Waals surface area contributed by atoms with Crippen LogP contribution in [-0.2, 0) is 6.54 Å².